The highest BCUT2D eigenvalue weighted by Crippen LogP contribution is 2.31. The number of hydrogen-bond donors (Lipinski definition) is 1. The van der Waals surface area contributed by atoms with Crippen LogP contribution in [0, 0.1) is 26.0 Å². The summed E-state index contributed by atoms with van der Waals surface area (Å²) in [5.41, 5.74) is -0.439. The van der Waals surface area contributed by atoms with E-state index in [0.717, 1.165) is 37.8 Å². The van der Waals surface area contributed by atoms with Crippen LogP contribution < -0.4 is 10.2 Å². The smallest absolute Gasteiger partial charge is 0.306 e. The molecule has 2 aromatic carbocycles. The number of carbonyl (C=O) groups excluding carboxylic acids is 1. The molecular weight excluding hydrogens is 383 g/mol. The number of nitro benzene ring substituents is 2. The SMILES string of the molecule is O=C(Nc1ccc(F)c([N+](=O)[O-])c1)c1ccc(N2CCCCCC2)c([N+](=O)[O-])c1. The minimum Gasteiger partial charge on any atom is -0.366 e. The Morgan fingerprint density at radius 3 is 2.21 bits per heavy atom. The van der Waals surface area contributed by atoms with Crippen LogP contribution in [0.5, 0.6) is 0 Å². The lowest BCUT2D eigenvalue weighted by atomic mass is 10.1. The quantitative estimate of drug-likeness (QED) is 0.589. The van der Waals surface area contributed by atoms with Crippen molar-refractivity contribution in [2.75, 3.05) is 23.3 Å². The van der Waals surface area contributed by atoms with Gasteiger partial charge in [0.1, 0.15) is 5.69 Å². The van der Waals surface area contributed by atoms with E-state index < -0.39 is 27.3 Å². The Balaban J connectivity index is 1.86. The maximum absolute atomic E-state index is 13.4. The zero-order chi connectivity index (χ0) is 21.0. The first-order chi connectivity index (χ1) is 13.9. The summed E-state index contributed by atoms with van der Waals surface area (Å²) in [5, 5.41) is 24.8. The monoisotopic (exact) mass is 402 g/mol. The zero-order valence-electron chi connectivity index (χ0n) is 15.5. The Bertz CT molecular complexity index is 958. The van der Waals surface area contributed by atoms with Crippen LogP contribution in [0.25, 0.3) is 0 Å². The number of anilines is 2. The van der Waals surface area contributed by atoms with Gasteiger partial charge in [0.25, 0.3) is 11.6 Å². The Labute approximate surface area is 165 Å². The fraction of sp³-hybridized carbons (Fsp3) is 0.316. The second-order valence-corrected chi connectivity index (χ2v) is 6.74. The number of carbonyl (C=O) groups is 1. The third kappa shape index (κ3) is 4.65. The fourth-order valence-corrected chi connectivity index (χ4v) is 3.32. The van der Waals surface area contributed by atoms with Crippen LogP contribution in [0.2, 0.25) is 0 Å². The number of nitrogens with zero attached hydrogens (tertiary/aromatic N) is 3. The van der Waals surface area contributed by atoms with Crippen LogP contribution in [0.15, 0.2) is 36.4 Å². The number of rotatable bonds is 5. The highest BCUT2D eigenvalue weighted by Gasteiger charge is 2.23. The molecule has 0 radical (unpaired) electrons. The highest BCUT2D eigenvalue weighted by atomic mass is 19.1. The van der Waals surface area contributed by atoms with E-state index in [4.69, 9.17) is 0 Å². The summed E-state index contributed by atoms with van der Waals surface area (Å²) < 4.78 is 13.4. The molecule has 1 amide bonds. The fourth-order valence-electron chi connectivity index (χ4n) is 3.32. The Morgan fingerprint density at radius 2 is 1.59 bits per heavy atom. The van der Waals surface area contributed by atoms with Crippen molar-refractivity contribution < 1.29 is 19.0 Å². The van der Waals surface area contributed by atoms with Crippen molar-refractivity contribution >= 4 is 28.7 Å². The molecule has 2 aromatic rings. The molecule has 0 aliphatic carbocycles. The average Bonchev–Trinajstić information content (AvgIpc) is 2.98. The van der Waals surface area contributed by atoms with Crippen molar-refractivity contribution in [2.45, 2.75) is 25.7 Å². The van der Waals surface area contributed by atoms with E-state index in [0.29, 0.717) is 18.8 Å². The van der Waals surface area contributed by atoms with Gasteiger partial charge in [-0.2, -0.15) is 4.39 Å². The lowest BCUT2D eigenvalue weighted by molar-refractivity contribution is -0.387. The van der Waals surface area contributed by atoms with Crippen molar-refractivity contribution in [1.29, 1.82) is 0 Å². The number of nitrogens with one attached hydrogen (secondary N) is 1. The molecule has 0 saturated carbocycles. The molecular formula is C19H19FN4O5. The first-order valence-electron chi connectivity index (χ1n) is 9.15. The molecule has 0 spiro atoms. The Hall–Kier alpha value is -3.56. The van der Waals surface area contributed by atoms with E-state index in [9.17, 15) is 29.4 Å². The van der Waals surface area contributed by atoms with Gasteiger partial charge in [-0.3, -0.25) is 25.0 Å². The molecule has 29 heavy (non-hydrogen) atoms. The van der Waals surface area contributed by atoms with E-state index in [1.807, 2.05) is 4.90 Å². The van der Waals surface area contributed by atoms with Crippen molar-refractivity contribution in [2.24, 2.45) is 0 Å². The van der Waals surface area contributed by atoms with Crippen LogP contribution in [-0.2, 0) is 0 Å². The van der Waals surface area contributed by atoms with Gasteiger partial charge >= 0.3 is 5.69 Å². The molecule has 3 rings (SSSR count). The summed E-state index contributed by atoms with van der Waals surface area (Å²) in [4.78, 5) is 35.4. The summed E-state index contributed by atoms with van der Waals surface area (Å²) >= 11 is 0. The second kappa shape index (κ2) is 8.63. The maximum Gasteiger partial charge on any atom is 0.306 e. The van der Waals surface area contributed by atoms with Crippen LogP contribution in [0.4, 0.5) is 27.1 Å². The van der Waals surface area contributed by atoms with Gasteiger partial charge in [-0.1, -0.05) is 12.8 Å². The Morgan fingerprint density at radius 1 is 0.931 bits per heavy atom. The summed E-state index contributed by atoms with van der Waals surface area (Å²) in [6.07, 6.45) is 4.05. The lowest BCUT2D eigenvalue weighted by Crippen LogP contribution is -2.25. The largest absolute Gasteiger partial charge is 0.366 e. The van der Waals surface area contributed by atoms with Gasteiger partial charge in [0.15, 0.2) is 0 Å². The average molecular weight is 402 g/mol. The molecule has 0 bridgehead atoms. The number of hydrogen-bond acceptors (Lipinski definition) is 6. The molecule has 152 valence electrons. The second-order valence-electron chi connectivity index (χ2n) is 6.74. The van der Waals surface area contributed by atoms with Crippen molar-refractivity contribution in [1.82, 2.24) is 0 Å². The molecule has 0 aromatic heterocycles. The van der Waals surface area contributed by atoms with Gasteiger partial charge in [-0.05, 0) is 37.1 Å². The molecule has 0 unspecified atom stereocenters. The Kier molecular flexibility index (Phi) is 6.01. The predicted octanol–water partition coefficient (Wildman–Crippen LogP) is 4.27. The molecule has 9 nitrogen and oxygen atoms in total. The predicted molar refractivity (Wildman–Crippen MR) is 105 cm³/mol. The summed E-state index contributed by atoms with van der Waals surface area (Å²) in [6, 6.07) is 7.16. The van der Waals surface area contributed by atoms with Crippen LogP contribution in [-0.4, -0.2) is 28.8 Å². The normalized spacial score (nSPS) is 14.2. The number of halogens is 1. The van der Waals surface area contributed by atoms with Crippen LogP contribution >= 0.6 is 0 Å². The number of amides is 1. The number of nitro groups is 2. The minimum atomic E-state index is -1.02. The van der Waals surface area contributed by atoms with E-state index in [1.54, 1.807) is 6.07 Å². The van der Waals surface area contributed by atoms with E-state index in [2.05, 4.69) is 5.32 Å². The van der Waals surface area contributed by atoms with Gasteiger partial charge in [0.05, 0.1) is 9.85 Å². The molecule has 10 heteroatoms. The highest BCUT2D eigenvalue weighted by molar-refractivity contribution is 6.05. The van der Waals surface area contributed by atoms with Crippen molar-refractivity contribution in [3.8, 4) is 0 Å². The first-order valence-corrected chi connectivity index (χ1v) is 9.15. The van der Waals surface area contributed by atoms with Gasteiger partial charge in [-0.25, -0.2) is 0 Å². The molecule has 0 atom stereocenters. The molecule has 1 heterocycles. The van der Waals surface area contributed by atoms with Gasteiger partial charge in [-0.15, -0.1) is 0 Å². The standard InChI is InChI=1S/C19H19FN4O5/c20-15-7-6-14(12-17(15)23(26)27)21-19(25)13-5-8-16(18(11-13)24(28)29)22-9-3-1-2-4-10-22/h5-8,11-12H,1-4,9-10H2,(H,21,25). The summed E-state index contributed by atoms with van der Waals surface area (Å²) in [6.45, 7) is 1.43. The summed E-state index contributed by atoms with van der Waals surface area (Å²) in [5.74, 6) is -1.71. The molecule has 1 saturated heterocycles. The first kappa shape index (κ1) is 20.2. The van der Waals surface area contributed by atoms with Crippen LogP contribution in [0.1, 0.15) is 36.0 Å². The van der Waals surface area contributed by atoms with E-state index >= 15 is 0 Å². The topological polar surface area (TPSA) is 119 Å². The van der Waals surface area contributed by atoms with Gasteiger partial charge < -0.3 is 10.2 Å². The van der Waals surface area contributed by atoms with Gasteiger partial charge in [0, 0.05) is 36.5 Å². The zero-order valence-corrected chi connectivity index (χ0v) is 15.5. The van der Waals surface area contributed by atoms with Gasteiger partial charge in [0.2, 0.25) is 5.82 Å². The minimum absolute atomic E-state index is 0.0161. The molecule has 1 aliphatic rings. The molecule has 1 fully saturated rings. The maximum atomic E-state index is 13.4. The lowest BCUT2D eigenvalue weighted by Gasteiger charge is -2.22. The van der Waals surface area contributed by atoms with E-state index in [1.165, 1.54) is 18.2 Å². The van der Waals surface area contributed by atoms with Crippen molar-refractivity contribution in [3.05, 3.63) is 68.0 Å². The van der Waals surface area contributed by atoms with Crippen LogP contribution in [0.3, 0.4) is 0 Å². The third-order valence-corrected chi connectivity index (χ3v) is 4.78. The third-order valence-electron chi connectivity index (χ3n) is 4.78. The van der Waals surface area contributed by atoms with Crippen molar-refractivity contribution in [3.63, 3.8) is 0 Å². The molecule has 1 N–H and O–H groups in total. The molecule has 1 aliphatic heterocycles. The number of benzene rings is 2. The summed E-state index contributed by atoms with van der Waals surface area (Å²) in [7, 11) is 0. The van der Waals surface area contributed by atoms with E-state index in [-0.39, 0.29) is 16.9 Å².